The Morgan fingerprint density at radius 3 is 2.47 bits per heavy atom. The normalized spacial score (nSPS) is 19.6. The molecule has 14 heteroatoms. The highest BCUT2D eigenvalue weighted by molar-refractivity contribution is 5.97. The molecule has 3 aromatic heterocycles. The summed E-state index contributed by atoms with van der Waals surface area (Å²) in [6.07, 6.45) is 5.93. The topological polar surface area (TPSA) is 172 Å². The fourth-order valence-corrected chi connectivity index (χ4v) is 9.17. The first-order valence-electron chi connectivity index (χ1n) is 20.5. The first-order valence-corrected chi connectivity index (χ1v) is 20.5. The first kappa shape index (κ1) is 40.9. The second-order valence-corrected chi connectivity index (χ2v) is 16.2. The number of benzene rings is 3. The van der Waals surface area contributed by atoms with Crippen molar-refractivity contribution in [3.05, 3.63) is 83.0 Å². The number of fused-ring (bicyclic) bond motifs is 2. The summed E-state index contributed by atoms with van der Waals surface area (Å²) >= 11 is 0. The van der Waals surface area contributed by atoms with Crippen LogP contribution in [-0.4, -0.2) is 105 Å². The molecule has 0 bridgehead atoms. The Morgan fingerprint density at radius 2 is 1.73 bits per heavy atom. The van der Waals surface area contributed by atoms with Crippen LogP contribution < -0.4 is 9.47 Å². The molecule has 8 rings (SSSR count). The Morgan fingerprint density at radius 1 is 0.967 bits per heavy atom. The van der Waals surface area contributed by atoms with Crippen molar-refractivity contribution < 1.29 is 33.6 Å². The summed E-state index contributed by atoms with van der Waals surface area (Å²) in [4.78, 5) is 25.4. The summed E-state index contributed by atoms with van der Waals surface area (Å²) in [5.74, 6) is 1.50. The van der Waals surface area contributed by atoms with E-state index < -0.39 is 12.1 Å². The van der Waals surface area contributed by atoms with Crippen LogP contribution in [0.4, 0.5) is 0 Å². The molecule has 6 aromatic rings. The van der Waals surface area contributed by atoms with Crippen molar-refractivity contribution in [3.8, 4) is 46.1 Å². The minimum Gasteiger partial charge on any atom is -0.496 e. The fraction of sp³-hybridized carbons (Fsp3) is 0.413. The van der Waals surface area contributed by atoms with Gasteiger partial charge in [-0.25, -0.2) is 9.67 Å². The average Bonchev–Trinajstić information content (AvgIpc) is 3.89. The van der Waals surface area contributed by atoms with Crippen molar-refractivity contribution in [2.45, 2.75) is 76.7 Å². The van der Waals surface area contributed by atoms with Gasteiger partial charge in [0.1, 0.15) is 17.3 Å². The first-order chi connectivity index (χ1) is 29.1. The van der Waals surface area contributed by atoms with E-state index in [1.54, 1.807) is 18.9 Å². The number of aliphatic hydroxyl groups excluding tert-OH is 1. The molecule has 1 aliphatic carbocycles. The molecule has 1 aliphatic heterocycles. The number of hydrogen-bond acceptors (Lipinski definition) is 12. The molecule has 2 aliphatic rings. The summed E-state index contributed by atoms with van der Waals surface area (Å²) in [5.41, 5.74) is 7.85. The van der Waals surface area contributed by atoms with Gasteiger partial charge in [0.15, 0.2) is 11.4 Å². The number of pyridine rings is 1. The van der Waals surface area contributed by atoms with Gasteiger partial charge in [0, 0.05) is 55.2 Å². The Labute approximate surface area is 348 Å². The number of carboxylic acids is 1. The molecule has 60 heavy (non-hydrogen) atoms. The zero-order valence-corrected chi connectivity index (χ0v) is 34.7. The minimum absolute atomic E-state index is 0.0675. The van der Waals surface area contributed by atoms with Gasteiger partial charge >= 0.3 is 5.97 Å². The molecule has 0 radical (unpaired) electrons. The highest BCUT2D eigenvalue weighted by Gasteiger charge is 2.30. The van der Waals surface area contributed by atoms with Gasteiger partial charge in [-0.05, 0) is 106 Å². The number of aromatic nitrogens is 4. The van der Waals surface area contributed by atoms with E-state index in [0.717, 1.165) is 76.4 Å². The van der Waals surface area contributed by atoms with Gasteiger partial charge in [-0.15, -0.1) is 0 Å². The molecule has 2 fully saturated rings. The van der Waals surface area contributed by atoms with Crippen LogP contribution in [0, 0.1) is 24.2 Å². The zero-order chi connectivity index (χ0) is 42.1. The van der Waals surface area contributed by atoms with Crippen LogP contribution in [0.5, 0.6) is 11.6 Å². The largest absolute Gasteiger partial charge is 0.496 e. The maximum absolute atomic E-state index is 11.2. The van der Waals surface area contributed by atoms with Crippen LogP contribution >= 0.6 is 0 Å². The van der Waals surface area contributed by atoms with Crippen molar-refractivity contribution in [1.82, 2.24) is 29.5 Å². The quantitative estimate of drug-likeness (QED) is 0.121. The van der Waals surface area contributed by atoms with Crippen molar-refractivity contribution in [2.75, 3.05) is 41.5 Å². The van der Waals surface area contributed by atoms with Gasteiger partial charge in [-0.1, -0.05) is 24.3 Å². The number of rotatable bonds is 13. The molecule has 3 aromatic carbocycles. The van der Waals surface area contributed by atoms with Crippen molar-refractivity contribution in [1.29, 1.82) is 5.26 Å². The molecule has 0 amide bonds. The molecule has 312 valence electrons. The van der Waals surface area contributed by atoms with E-state index in [0.29, 0.717) is 72.3 Å². The molecule has 2 atom stereocenters. The van der Waals surface area contributed by atoms with E-state index >= 15 is 0 Å². The van der Waals surface area contributed by atoms with Crippen molar-refractivity contribution in [2.24, 2.45) is 5.92 Å². The third kappa shape index (κ3) is 8.05. The highest BCUT2D eigenvalue weighted by Crippen LogP contribution is 2.39. The van der Waals surface area contributed by atoms with E-state index in [-0.39, 0.29) is 18.4 Å². The standard InChI is InChI=1S/C46H51N7O7/c1-27-32(8-6-9-33(27)46-49-37-19-29(18-30(22-47)44(37)60-46)24-51(2)31-14-12-28(13-15-31)20-43(55)56)34-10-7-11-38-35(34)23-48-53(38)42-21-41(57-4)36(45(50-42)58-5)25-52(3)39-16-17-59-26-40(39)54/h6-11,18-19,21,23,28,31,39-40,54H,12-17,20,24-26H2,1-5H3,(H,55,56)/t28?,31?,39-,40+/m1/s1. The van der Waals surface area contributed by atoms with E-state index in [9.17, 15) is 20.3 Å². The Balaban J connectivity index is 1.07. The number of hydrogen-bond donors (Lipinski definition) is 2. The van der Waals surface area contributed by atoms with Crippen molar-refractivity contribution >= 4 is 28.0 Å². The lowest BCUT2D eigenvalue weighted by molar-refractivity contribution is -0.138. The van der Waals surface area contributed by atoms with E-state index in [1.165, 1.54) is 0 Å². The smallest absolute Gasteiger partial charge is 0.303 e. The highest BCUT2D eigenvalue weighted by atomic mass is 16.5. The van der Waals surface area contributed by atoms with Crippen LogP contribution in [0.25, 0.3) is 50.4 Å². The van der Waals surface area contributed by atoms with Crippen LogP contribution in [-0.2, 0) is 22.6 Å². The maximum Gasteiger partial charge on any atom is 0.303 e. The lowest BCUT2D eigenvalue weighted by atomic mass is 9.83. The molecule has 2 N–H and O–H groups in total. The molecule has 14 nitrogen and oxygen atoms in total. The summed E-state index contributed by atoms with van der Waals surface area (Å²) in [6, 6.07) is 20.5. The maximum atomic E-state index is 11.2. The number of nitrogens with zero attached hydrogens (tertiary/aromatic N) is 7. The number of oxazole rings is 1. The zero-order valence-electron chi connectivity index (χ0n) is 34.7. The lowest BCUT2D eigenvalue weighted by Crippen LogP contribution is -2.47. The molecular formula is C46H51N7O7. The summed E-state index contributed by atoms with van der Waals surface area (Å²) in [7, 11) is 7.27. The predicted octanol–water partition coefficient (Wildman–Crippen LogP) is 7.14. The number of likely N-dealkylation sites (N-methyl/N-ethyl adjacent to an activating group) is 1. The summed E-state index contributed by atoms with van der Waals surface area (Å²) < 4.78 is 25.3. The molecule has 4 heterocycles. The van der Waals surface area contributed by atoms with Gasteiger partial charge in [0.25, 0.3) is 0 Å². The number of aliphatic hydroxyl groups is 1. The van der Waals surface area contributed by atoms with Crippen LogP contribution in [0.3, 0.4) is 0 Å². The number of nitriles is 1. The molecule has 0 unspecified atom stereocenters. The molecule has 0 spiro atoms. The SMILES string of the molecule is COc1cc(-n2ncc3c(-c4cccc(-c5nc6cc(CN(C)C7CCC(CC(=O)O)CC7)cc(C#N)c6o5)c4C)cccc32)nc(OC)c1CN(C)[C@@H]1CCOC[C@@H]1O. The van der Waals surface area contributed by atoms with Crippen LogP contribution in [0.2, 0.25) is 0 Å². The summed E-state index contributed by atoms with van der Waals surface area (Å²) in [5, 5.41) is 35.7. The molecule has 1 saturated carbocycles. The van der Waals surface area contributed by atoms with Gasteiger partial charge in [-0.3, -0.25) is 14.6 Å². The van der Waals surface area contributed by atoms with E-state index in [1.807, 2.05) is 62.6 Å². The minimum atomic E-state index is -0.726. The third-order valence-corrected chi connectivity index (χ3v) is 12.4. The monoisotopic (exact) mass is 813 g/mol. The Hall–Kier alpha value is -5.85. The van der Waals surface area contributed by atoms with Gasteiger partial charge in [0.05, 0.1) is 49.8 Å². The third-order valence-electron chi connectivity index (χ3n) is 12.4. The van der Waals surface area contributed by atoms with Gasteiger partial charge in [-0.2, -0.15) is 15.3 Å². The van der Waals surface area contributed by atoms with Crippen LogP contribution in [0.15, 0.2) is 65.2 Å². The Bertz CT molecular complexity index is 2540. The molecular weight excluding hydrogens is 763 g/mol. The lowest BCUT2D eigenvalue weighted by Gasteiger charge is -2.35. The fourth-order valence-electron chi connectivity index (χ4n) is 9.17. The molecule has 1 saturated heterocycles. The number of ether oxygens (including phenoxy) is 3. The van der Waals surface area contributed by atoms with E-state index in [4.69, 9.17) is 33.7 Å². The average molecular weight is 814 g/mol. The summed E-state index contributed by atoms with van der Waals surface area (Å²) in [6.45, 7) is 4.05. The number of carboxylic acid groups (broad SMARTS) is 1. The number of carbonyl (C=O) groups is 1. The second-order valence-electron chi connectivity index (χ2n) is 16.2. The van der Waals surface area contributed by atoms with Gasteiger partial charge < -0.3 is 28.8 Å². The number of methoxy groups -OCH3 is 2. The van der Waals surface area contributed by atoms with Gasteiger partial charge in [0.2, 0.25) is 11.8 Å². The van der Waals surface area contributed by atoms with Crippen LogP contribution in [0.1, 0.15) is 60.8 Å². The second kappa shape index (κ2) is 17.4. The van der Waals surface area contributed by atoms with Crippen molar-refractivity contribution in [3.63, 3.8) is 0 Å². The van der Waals surface area contributed by atoms with E-state index in [2.05, 4.69) is 35.0 Å². The number of aliphatic carboxylic acids is 1. The predicted molar refractivity (Wildman–Crippen MR) is 226 cm³/mol. The Kier molecular flexibility index (Phi) is 11.9.